The number of likely N-dealkylation sites (N-methyl/N-ethyl adjacent to an activating group) is 1. The number of hydrogen-bond acceptors (Lipinski definition) is 9. The number of carbonyl (C=O) groups is 2. The van der Waals surface area contributed by atoms with E-state index in [-0.39, 0.29) is 46.5 Å². The molecular weight excluding hydrogens is 606 g/mol. The first kappa shape index (κ1) is 34.8. The summed E-state index contributed by atoms with van der Waals surface area (Å²) in [5.41, 5.74) is 3.56. The second-order valence-corrected chi connectivity index (χ2v) is 14.3. The van der Waals surface area contributed by atoms with Gasteiger partial charge in [0.2, 0.25) is 11.8 Å². The molecule has 1 fully saturated rings. The van der Waals surface area contributed by atoms with Crippen LogP contribution in [0.5, 0.6) is 5.88 Å². The lowest BCUT2D eigenvalue weighted by Crippen LogP contribution is -2.56. The van der Waals surface area contributed by atoms with Crippen LogP contribution in [0, 0.1) is 19.8 Å². The van der Waals surface area contributed by atoms with E-state index in [2.05, 4.69) is 45.8 Å². The van der Waals surface area contributed by atoms with Crippen LogP contribution >= 0.6 is 0 Å². The first-order valence-corrected chi connectivity index (χ1v) is 17.1. The van der Waals surface area contributed by atoms with Crippen molar-refractivity contribution in [3.63, 3.8) is 0 Å². The van der Waals surface area contributed by atoms with Crippen molar-refractivity contribution in [1.29, 1.82) is 0 Å². The zero-order valence-corrected chi connectivity index (χ0v) is 28.4. The molecule has 11 nitrogen and oxygen atoms in total. The number of hydrogen-bond donors (Lipinski definition) is 2. The lowest BCUT2D eigenvalue weighted by Gasteiger charge is -2.44. The fraction of sp³-hybridized carbons (Fsp3) is 0.471. The van der Waals surface area contributed by atoms with Crippen molar-refractivity contribution in [3.05, 3.63) is 65.2 Å². The van der Waals surface area contributed by atoms with Crippen LogP contribution in [-0.4, -0.2) is 73.5 Å². The summed E-state index contributed by atoms with van der Waals surface area (Å²) in [6.07, 6.45) is 2.50. The van der Waals surface area contributed by atoms with Gasteiger partial charge < -0.3 is 14.8 Å². The maximum Gasteiger partial charge on any atom is 0.407 e. The Morgan fingerprint density at radius 1 is 1.04 bits per heavy atom. The van der Waals surface area contributed by atoms with Gasteiger partial charge >= 0.3 is 6.09 Å². The molecule has 0 spiro atoms. The van der Waals surface area contributed by atoms with E-state index in [1.807, 2.05) is 45.9 Å². The topological polar surface area (TPSA) is 140 Å². The highest BCUT2D eigenvalue weighted by atomic mass is 32.2. The molecule has 2 N–H and O–H groups in total. The molecule has 0 radical (unpaired) electrons. The van der Waals surface area contributed by atoms with Gasteiger partial charge in [0.1, 0.15) is 12.9 Å². The number of benzene rings is 2. The summed E-state index contributed by atoms with van der Waals surface area (Å²) in [6, 6.07) is 13.7. The molecular formula is C34H45N5O6S. The van der Waals surface area contributed by atoms with Gasteiger partial charge in [0.15, 0.2) is 0 Å². The second-order valence-electron chi connectivity index (χ2n) is 12.7. The Labute approximate surface area is 272 Å². The van der Waals surface area contributed by atoms with E-state index in [9.17, 15) is 18.0 Å². The molecule has 4 rings (SSSR count). The van der Waals surface area contributed by atoms with Gasteiger partial charge in [-0.05, 0) is 83.2 Å². The first-order valence-electron chi connectivity index (χ1n) is 15.6. The molecule has 3 aromatic rings. The predicted octanol–water partition coefficient (Wildman–Crippen LogP) is 5.76. The largest absolute Gasteiger partial charge is 0.476 e. The molecule has 12 heteroatoms. The molecule has 46 heavy (non-hydrogen) atoms. The highest BCUT2D eigenvalue weighted by Gasteiger charge is 2.36. The van der Waals surface area contributed by atoms with E-state index in [0.717, 1.165) is 36.0 Å². The Morgan fingerprint density at radius 2 is 1.72 bits per heavy atom. The van der Waals surface area contributed by atoms with Crippen molar-refractivity contribution < 1.29 is 27.5 Å². The number of aryl methyl sites for hydroxylation is 2. The van der Waals surface area contributed by atoms with E-state index in [1.54, 1.807) is 6.07 Å². The van der Waals surface area contributed by atoms with Crippen molar-refractivity contribution in [2.24, 2.45) is 5.92 Å². The molecule has 0 saturated heterocycles. The molecule has 1 heterocycles. The maximum atomic E-state index is 13.3. The quantitative estimate of drug-likeness (QED) is 0.208. The molecule has 1 aliphatic rings. The molecule has 0 aliphatic heterocycles. The number of amides is 1. The number of aldehydes is 1. The summed E-state index contributed by atoms with van der Waals surface area (Å²) >= 11 is 0. The third-order valence-electron chi connectivity index (χ3n) is 8.07. The van der Waals surface area contributed by atoms with E-state index < -0.39 is 16.1 Å². The zero-order chi connectivity index (χ0) is 33.6. The summed E-state index contributed by atoms with van der Waals surface area (Å²) < 4.78 is 40.6. The molecule has 1 saturated carbocycles. The number of aromatic nitrogens is 2. The summed E-state index contributed by atoms with van der Waals surface area (Å²) in [7, 11) is -2.04. The lowest BCUT2D eigenvalue weighted by molar-refractivity contribution is 0.0433. The molecule has 1 atom stereocenters. The summed E-state index contributed by atoms with van der Waals surface area (Å²) in [4.78, 5) is 34.6. The smallest absolute Gasteiger partial charge is 0.407 e. The van der Waals surface area contributed by atoms with Gasteiger partial charge in [0.05, 0.1) is 16.7 Å². The van der Waals surface area contributed by atoms with Gasteiger partial charge in [-0.1, -0.05) is 44.2 Å². The minimum atomic E-state index is -4.11. The Morgan fingerprint density at radius 3 is 2.35 bits per heavy atom. The second kappa shape index (κ2) is 15.0. The standard InChI is InChI=1S/C34H45N5O6S/c1-21(2)14-28(39(7)27-16-26(17-27)35-34(41)45-22(3)4)20-44-31-18-30(32-23(5)10-8-11-24(32)6)36-33(37-31)38-46(42,43)29-13-9-12-25(15-29)19-40/h8-13,15,18-19,21-22,26-28H,14,16-17,20H2,1-7H3,(H,35,41)(H,36,37,38)/t26-,27+,28-/m1/s1. The number of rotatable bonds is 14. The number of alkyl carbamates (subject to hydrolysis) is 1. The highest BCUT2D eigenvalue weighted by molar-refractivity contribution is 7.92. The Bertz CT molecular complexity index is 1620. The predicted molar refractivity (Wildman–Crippen MR) is 178 cm³/mol. The van der Waals surface area contributed by atoms with E-state index >= 15 is 0 Å². The third kappa shape index (κ3) is 9.03. The van der Waals surface area contributed by atoms with Gasteiger partial charge in [0.25, 0.3) is 10.0 Å². The Hall–Kier alpha value is -4.03. The van der Waals surface area contributed by atoms with E-state index in [4.69, 9.17) is 9.47 Å². The van der Waals surface area contributed by atoms with E-state index in [1.165, 1.54) is 24.3 Å². The van der Waals surface area contributed by atoms with Crippen LogP contribution in [0.1, 0.15) is 68.4 Å². The van der Waals surface area contributed by atoms with Crippen LogP contribution in [0.15, 0.2) is 53.4 Å². The van der Waals surface area contributed by atoms with Gasteiger partial charge in [-0.15, -0.1) is 0 Å². The molecule has 2 aromatic carbocycles. The van der Waals surface area contributed by atoms with Gasteiger partial charge in [-0.25, -0.2) is 22.9 Å². The third-order valence-corrected chi connectivity index (χ3v) is 9.39. The van der Waals surface area contributed by atoms with Crippen molar-refractivity contribution in [2.45, 2.75) is 89.9 Å². The maximum absolute atomic E-state index is 13.3. The van der Waals surface area contributed by atoms with Crippen LogP contribution in [0.4, 0.5) is 10.7 Å². The summed E-state index contributed by atoms with van der Waals surface area (Å²) in [5.74, 6) is 0.492. The number of sulfonamides is 1. The Kier molecular flexibility index (Phi) is 11.4. The number of anilines is 1. The van der Waals surface area contributed by atoms with Crippen LogP contribution in [0.25, 0.3) is 11.3 Å². The number of nitrogens with one attached hydrogen (secondary N) is 2. The summed E-state index contributed by atoms with van der Waals surface area (Å²) in [5, 5.41) is 2.93. The summed E-state index contributed by atoms with van der Waals surface area (Å²) in [6.45, 7) is 12.2. The molecule has 1 amide bonds. The molecule has 0 bridgehead atoms. The van der Waals surface area contributed by atoms with Gasteiger partial charge in [0, 0.05) is 35.3 Å². The van der Waals surface area contributed by atoms with E-state index in [0.29, 0.717) is 24.5 Å². The Balaban J connectivity index is 1.57. The van der Waals surface area contributed by atoms with Crippen molar-refractivity contribution in [3.8, 4) is 17.1 Å². The first-order chi connectivity index (χ1) is 21.7. The highest BCUT2D eigenvalue weighted by Crippen LogP contribution is 2.31. The fourth-order valence-electron chi connectivity index (χ4n) is 5.65. The molecule has 1 aliphatic carbocycles. The van der Waals surface area contributed by atoms with Crippen LogP contribution < -0.4 is 14.8 Å². The minimum Gasteiger partial charge on any atom is -0.476 e. The van der Waals surface area contributed by atoms with Crippen LogP contribution in [-0.2, 0) is 14.8 Å². The van der Waals surface area contributed by atoms with Gasteiger partial charge in [-0.3, -0.25) is 9.69 Å². The molecule has 248 valence electrons. The van der Waals surface area contributed by atoms with Crippen LogP contribution in [0.3, 0.4) is 0 Å². The van der Waals surface area contributed by atoms with Crippen molar-refractivity contribution in [1.82, 2.24) is 20.2 Å². The minimum absolute atomic E-state index is 0.0402. The van der Waals surface area contributed by atoms with Gasteiger partial charge in [-0.2, -0.15) is 4.98 Å². The van der Waals surface area contributed by atoms with Crippen molar-refractivity contribution in [2.75, 3.05) is 18.4 Å². The monoisotopic (exact) mass is 651 g/mol. The molecule has 1 aromatic heterocycles. The number of carbonyl (C=O) groups excluding carboxylic acids is 2. The SMILES string of the molecule is Cc1cccc(C)c1-c1cc(OC[C@@H](CC(C)C)N(C)[C@H]2C[C@@H](NC(=O)OC(C)C)C2)nc(NS(=O)(=O)c2cccc(C=O)c2)n1. The average Bonchev–Trinajstić information content (AvgIpc) is 2.95. The normalized spacial score (nSPS) is 17.0. The number of ether oxygens (including phenoxy) is 2. The molecule has 0 unspecified atom stereocenters. The van der Waals surface area contributed by atoms with Crippen LogP contribution in [0.2, 0.25) is 0 Å². The lowest BCUT2D eigenvalue weighted by atomic mass is 9.84. The van der Waals surface area contributed by atoms with Crippen molar-refractivity contribution >= 4 is 28.4 Å². The number of nitrogens with zero attached hydrogens (tertiary/aromatic N) is 3. The zero-order valence-electron chi connectivity index (χ0n) is 27.6. The average molecular weight is 652 g/mol. The fourth-order valence-corrected chi connectivity index (χ4v) is 6.65.